The molecule has 1 amide bonds. The Morgan fingerprint density at radius 1 is 1.21 bits per heavy atom. The molecule has 1 unspecified atom stereocenters. The van der Waals surface area contributed by atoms with Gasteiger partial charge in [0.2, 0.25) is 5.91 Å². The molecule has 7 heteroatoms. The predicted octanol–water partition coefficient (Wildman–Crippen LogP) is 2.61. The number of rotatable bonds is 4. The van der Waals surface area contributed by atoms with Gasteiger partial charge in [-0.25, -0.2) is 0 Å². The van der Waals surface area contributed by atoms with E-state index in [1.807, 2.05) is 23.1 Å². The van der Waals surface area contributed by atoms with Gasteiger partial charge in [-0.3, -0.25) is 4.79 Å². The number of carbonyl (C=O) groups excluding carboxylic acids is 1. The molecule has 0 spiro atoms. The first-order valence-corrected chi connectivity index (χ1v) is 10.3. The Kier molecular flexibility index (Phi) is 5.71. The Labute approximate surface area is 166 Å². The summed E-state index contributed by atoms with van der Waals surface area (Å²) in [6.07, 6.45) is 3.83. The lowest BCUT2D eigenvalue weighted by Gasteiger charge is -2.32. The summed E-state index contributed by atoms with van der Waals surface area (Å²) in [6, 6.07) is 6.32. The Hall–Kier alpha value is -2.28. The summed E-state index contributed by atoms with van der Waals surface area (Å²) in [5.41, 5.74) is 1.57. The second-order valence-electron chi connectivity index (χ2n) is 8.03. The molecule has 2 aliphatic rings. The molecule has 2 aromatic rings. The number of nitrogens with zero attached hydrogens (tertiary/aromatic N) is 4. The molecule has 28 heavy (non-hydrogen) atoms. The number of fused-ring (bicyclic) bond motifs is 1. The zero-order valence-corrected chi connectivity index (χ0v) is 16.9. The first-order valence-electron chi connectivity index (χ1n) is 10.3. The Morgan fingerprint density at radius 3 is 2.96 bits per heavy atom. The van der Waals surface area contributed by atoms with E-state index in [-0.39, 0.29) is 0 Å². The third kappa shape index (κ3) is 4.24. The van der Waals surface area contributed by atoms with Crippen molar-refractivity contribution in [2.45, 2.75) is 25.7 Å². The summed E-state index contributed by atoms with van der Waals surface area (Å²) in [5.74, 6) is 1.42. The van der Waals surface area contributed by atoms with Gasteiger partial charge in [0, 0.05) is 45.2 Å². The van der Waals surface area contributed by atoms with Crippen molar-refractivity contribution in [3.05, 3.63) is 18.2 Å². The Balaban J connectivity index is 1.39. The van der Waals surface area contributed by atoms with Crippen LogP contribution < -0.4 is 9.64 Å². The van der Waals surface area contributed by atoms with Crippen molar-refractivity contribution in [2.24, 2.45) is 5.92 Å². The molecule has 0 aliphatic carbocycles. The summed E-state index contributed by atoms with van der Waals surface area (Å²) in [4.78, 5) is 24.0. The molecule has 2 fully saturated rings. The summed E-state index contributed by atoms with van der Waals surface area (Å²) >= 11 is 0. The Bertz CT molecular complexity index is 821. The van der Waals surface area contributed by atoms with E-state index in [4.69, 9.17) is 9.15 Å². The topological polar surface area (TPSA) is 62.1 Å². The predicted molar refractivity (Wildman–Crippen MR) is 109 cm³/mol. The van der Waals surface area contributed by atoms with Crippen LogP contribution in [0.15, 0.2) is 22.6 Å². The van der Waals surface area contributed by atoms with Crippen LogP contribution in [0.1, 0.15) is 25.7 Å². The zero-order valence-electron chi connectivity index (χ0n) is 16.9. The van der Waals surface area contributed by atoms with Gasteiger partial charge in [0.05, 0.1) is 7.11 Å². The third-order valence-corrected chi connectivity index (χ3v) is 5.91. The van der Waals surface area contributed by atoms with Crippen molar-refractivity contribution in [1.82, 2.24) is 14.8 Å². The van der Waals surface area contributed by atoms with Crippen molar-refractivity contribution in [1.29, 1.82) is 0 Å². The van der Waals surface area contributed by atoms with Crippen molar-refractivity contribution in [2.75, 3.05) is 58.3 Å². The number of hydrogen-bond donors (Lipinski definition) is 0. The highest BCUT2D eigenvalue weighted by Gasteiger charge is 2.27. The number of benzene rings is 1. The fourth-order valence-electron chi connectivity index (χ4n) is 4.23. The summed E-state index contributed by atoms with van der Waals surface area (Å²) < 4.78 is 11.2. The van der Waals surface area contributed by atoms with E-state index in [2.05, 4.69) is 21.8 Å². The molecule has 0 N–H and O–H groups in total. The van der Waals surface area contributed by atoms with Gasteiger partial charge in [0.25, 0.3) is 6.01 Å². The van der Waals surface area contributed by atoms with Crippen molar-refractivity contribution in [3.63, 3.8) is 0 Å². The number of piperidine rings is 1. The lowest BCUT2D eigenvalue weighted by Crippen LogP contribution is -2.40. The normalized spacial score (nSPS) is 21.7. The van der Waals surface area contributed by atoms with E-state index < -0.39 is 0 Å². The van der Waals surface area contributed by atoms with Crippen LogP contribution in [-0.4, -0.2) is 74.1 Å². The van der Waals surface area contributed by atoms with Gasteiger partial charge in [-0.15, -0.1) is 0 Å². The average molecular weight is 386 g/mol. The number of aromatic nitrogens is 1. The highest BCUT2D eigenvalue weighted by molar-refractivity contribution is 5.77. The molecule has 2 aliphatic heterocycles. The molecule has 0 saturated carbocycles. The average Bonchev–Trinajstić information content (AvgIpc) is 3.01. The molecule has 0 radical (unpaired) electrons. The number of anilines is 1. The minimum Gasteiger partial charge on any atom is -0.497 e. The number of carbonyl (C=O) groups is 1. The number of oxazole rings is 1. The Morgan fingerprint density at radius 2 is 2.11 bits per heavy atom. The van der Waals surface area contributed by atoms with Crippen LogP contribution in [-0.2, 0) is 4.79 Å². The SMILES string of the molecule is COc1ccc2oc(N3CCCC(CC(=O)N4CCCN(C)CC4)C3)nc2c1. The van der Waals surface area contributed by atoms with Crippen LogP contribution >= 0.6 is 0 Å². The van der Waals surface area contributed by atoms with Crippen LogP contribution in [0.25, 0.3) is 11.1 Å². The van der Waals surface area contributed by atoms with Gasteiger partial charge in [-0.1, -0.05) is 0 Å². The summed E-state index contributed by atoms with van der Waals surface area (Å²) in [5, 5.41) is 0. The number of ether oxygens (including phenoxy) is 1. The first-order chi connectivity index (χ1) is 13.6. The van der Waals surface area contributed by atoms with Crippen LogP contribution in [0.3, 0.4) is 0 Å². The molecule has 0 bridgehead atoms. The van der Waals surface area contributed by atoms with Gasteiger partial charge in [0.15, 0.2) is 5.58 Å². The molecule has 4 rings (SSSR count). The molecular weight excluding hydrogens is 356 g/mol. The molecule has 152 valence electrons. The maximum atomic E-state index is 12.8. The molecular formula is C21H30N4O3. The lowest BCUT2D eigenvalue weighted by atomic mass is 9.94. The lowest BCUT2D eigenvalue weighted by molar-refractivity contribution is -0.132. The van der Waals surface area contributed by atoms with E-state index in [0.717, 1.165) is 75.4 Å². The molecule has 3 heterocycles. The highest BCUT2D eigenvalue weighted by Crippen LogP contribution is 2.29. The zero-order chi connectivity index (χ0) is 19.5. The van der Waals surface area contributed by atoms with Gasteiger partial charge in [-0.2, -0.15) is 4.98 Å². The van der Waals surface area contributed by atoms with Gasteiger partial charge < -0.3 is 23.9 Å². The number of methoxy groups -OCH3 is 1. The molecule has 7 nitrogen and oxygen atoms in total. The first kappa shape index (κ1) is 19.1. The van der Waals surface area contributed by atoms with Crippen molar-refractivity contribution >= 4 is 23.0 Å². The standard InChI is InChI=1S/C21H30N4O3/c1-23-8-4-10-24(12-11-23)20(26)13-16-5-3-9-25(15-16)21-22-18-14-17(27-2)6-7-19(18)28-21/h6-7,14,16H,3-5,8-13,15H2,1-2H3. The van der Waals surface area contributed by atoms with E-state index in [1.165, 1.54) is 0 Å². The van der Waals surface area contributed by atoms with Gasteiger partial charge in [-0.05, 0) is 50.9 Å². The quantitative estimate of drug-likeness (QED) is 0.805. The minimum absolute atomic E-state index is 0.296. The van der Waals surface area contributed by atoms with E-state index in [1.54, 1.807) is 7.11 Å². The van der Waals surface area contributed by atoms with Crippen LogP contribution in [0.4, 0.5) is 6.01 Å². The van der Waals surface area contributed by atoms with Crippen LogP contribution in [0.5, 0.6) is 5.75 Å². The van der Waals surface area contributed by atoms with E-state index in [9.17, 15) is 4.79 Å². The molecule has 1 aromatic carbocycles. The molecule has 2 saturated heterocycles. The summed E-state index contributed by atoms with van der Waals surface area (Å²) in [6.45, 7) is 5.51. The summed E-state index contributed by atoms with van der Waals surface area (Å²) in [7, 11) is 3.78. The minimum atomic E-state index is 0.296. The monoisotopic (exact) mass is 386 g/mol. The van der Waals surface area contributed by atoms with Gasteiger partial charge in [0.1, 0.15) is 11.3 Å². The van der Waals surface area contributed by atoms with E-state index >= 15 is 0 Å². The van der Waals surface area contributed by atoms with E-state index in [0.29, 0.717) is 24.3 Å². The second-order valence-corrected chi connectivity index (χ2v) is 8.03. The number of amides is 1. The van der Waals surface area contributed by atoms with Crippen molar-refractivity contribution in [3.8, 4) is 5.75 Å². The maximum Gasteiger partial charge on any atom is 0.298 e. The number of hydrogen-bond acceptors (Lipinski definition) is 6. The number of likely N-dealkylation sites (N-methyl/N-ethyl adjacent to an activating group) is 1. The highest BCUT2D eigenvalue weighted by atomic mass is 16.5. The smallest absolute Gasteiger partial charge is 0.298 e. The fraction of sp³-hybridized carbons (Fsp3) is 0.619. The maximum absolute atomic E-state index is 12.8. The third-order valence-electron chi connectivity index (χ3n) is 5.91. The van der Waals surface area contributed by atoms with Gasteiger partial charge >= 0.3 is 0 Å². The van der Waals surface area contributed by atoms with Crippen LogP contribution in [0, 0.1) is 5.92 Å². The second kappa shape index (κ2) is 8.39. The van der Waals surface area contributed by atoms with Crippen LogP contribution in [0.2, 0.25) is 0 Å². The van der Waals surface area contributed by atoms with Crippen molar-refractivity contribution < 1.29 is 13.9 Å². The largest absolute Gasteiger partial charge is 0.497 e. The molecule has 1 atom stereocenters. The molecule has 1 aromatic heterocycles. The fourth-order valence-corrected chi connectivity index (χ4v) is 4.23.